The fourth-order valence-electron chi connectivity index (χ4n) is 1.07. The predicted molar refractivity (Wildman–Crippen MR) is 59.2 cm³/mol. The van der Waals surface area contributed by atoms with Crippen molar-refractivity contribution in [1.82, 2.24) is 0 Å². The van der Waals surface area contributed by atoms with E-state index in [1.165, 1.54) is 7.11 Å². The van der Waals surface area contributed by atoms with Crippen molar-refractivity contribution in [3.8, 4) is 0 Å². The van der Waals surface area contributed by atoms with Gasteiger partial charge < -0.3 is 18.9 Å². The lowest BCUT2D eigenvalue weighted by atomic mass is 10.4. The van der Waals surface area contributed by atoms with E-state index in [2.05, 4.69) is 0 Å². The zero-order valence-electron chi connectivity index (χ0n) is 10.6. The van der Waals surface area contributed by atoms with Crippen LogP contribution < -0.4 is 0 Å². The summed E-state index contributed by atoms with van der Waals surface area (Å²) in [4.78, 5) is 22.5. The lowest BCUT2D eigenvalue weighted by molar-refractivity contribution is -0.185. The third kappa shape index (κ3) is 8.65. The molecule has 17 heavy (non-hydrogen) atoms. The van der Waals surface area contributed by atoms with Gasteiger partial charge in [0, 0.05) is 13.7 Å². The third-order valence-corrected chi connectivity index (χ3v) is 1.76. The van der Waals surface area contributed by atoms with Crippen molar-refractivity contribution in [2.24, 2.45) is 0 Å². The molecule has 1 unspecified atom stereocenters. The molecule has 1 atom stereocenters. The Hall–Kier alpha value is -1.14. The predicted octanol–water partition coefficient (Wildman–Crippen LogP) is 0.882. The van der Waals surface area contributed by atoms with Crippen molar-refractivity contribution >= 4 is 11.9 Å². The van der Waals surface area contributed by atoms with E-state index in [1.54, 1.807) is 13.8 Å². The zero-order chi connectivity index (χ0) is 13.1. The van der Waals surface area contributed by atoms with Gasteiger partial charge in [0.25, 0.3) is 0 Å². The van der Waals surface area contributed by atoms with E-state index < -0.39 is 18.2 Å². The minimum absolute atomic E-state index is 0.0968. The number of carbonyl (C=O) groups is 2. The Morgan fingerprint density at radius 3 is 2.35 bits per heavy atom. The Morgan fingerprint density at radius 1 is 1.12 bits per heavy atom. The Morgan fingerprint density at radius 2 is 1.82 bits per heavy atom. The molecule has 0 N–H and O–H groups in total. The highest BCUT2D eigenvalue weighted by Crippen LogP contribution is 2.05. The molecule has 0 spiro atoms. The number of carbonyl (C=O) groups excluding carboxylic acids is 2. The smallest absolute Gasteiger partial charge is 0.312 e. The lowest BCUT2D eigenvalue weighted by Crippen LogP contribution is -2.26. The van der Waals surface area contributed by atoms with Gasteiger partial charge in [-0.25, -0.2) is 0 Å². The van der Waals surface area contributed by atoms with Gasteiger partial charge in [0.15, 0.2) is 0 Å². The van der Waals surface area contributed by atoms with Crippen LogP contribution in [0.15, 0.2) is 0 Å². The fourth-order valence-corrected chi connectivity index (χ4v) is 1.07. The van der Waals surface area contributed by atoms with Crippen molar-refractivity contribution in [1.29, 1.82) is 0 Å². The SMILES string of the molecule is CCOC(=O)CC(OCC)OC(=O)CCOC. The summed E-state index contributed by atoms with van der Waals surface area (Å²) in [6.07, 6.45) is -0.855. The molecule has 0 fully saturated rings. The average Bonchev–Trinajstić information content (AvgIpc) is 2.27. The second-order valence-electron chi connectivity index (χ2n) is 3.13. The molecule has 0 rings (SSSR count). The second kappa shape index (κ2) is 10.0. The largest absolute Gasteiger partial charge is 0.466 e. The van der Waals surface area contributed by atoms with Gasteiger partial charge in [-0.2, -0.15) is 0 Å². The van der Waals surface area contributed by atoms with Crippen molar-refractivity contribution in [2.45, 2.75) is 33.0 Å². The zero-order valence-corrected chi connectivity index (χ0v) is 10.6. The van der Waals surface area contributed by atoms with E-state index in [0.29, 0.717) is 6.61 Å². The van der Waals surface area contributed by atoms with E-state index >= 15 is 0 Å². The van der Waals surface area contributed by atoms with Crippen molar-refractivity contribution in [2.75, 3.05) is 26.9 Å². The molecule has 0 heterocycles. The summed E-state index contributed by atoms with van der Waals surface area (Å²) >= 11 is 0. The number of hydrogen-bond donors (Lipinski definition) is 0. The first kappa shape index (κ1) is 15.9. The van der Waals surface area contributed by atoms with Crippen LogP contribution in [-0.4, -0.2) is 45.2 Å². The summed E-state index contributed by atoms with van der Waals surface area (Å²) < 4.78 is 19.6. The van der Waals surface area contributed by atoms with Crippen molar-refractivity contribution in [3.63, 3.8) is 0 Å². The van der Waals surface area contributed by atoms with E-state index in [1.807, 2.05) is 0 Å². The second-order valence-corrected chi connectivity index (χ2v) is 3.13. The summed E-state index contributed by atoms with van der Waals surface area (Å²) in [5.41, 5.74) is 0. The monoisotopic (exact) mass is 248 g/mol. The summed E-state index contributed by atoms with van der Waals surface area (Å²) in [5, 5.41) is 0. The number of ether oxygens (including phenoxy) is 4. The summed E-state index contributed by atoms with van der Waals surface area (Å²) in [5.74, 6) is -0.917. The molecule has 0 aliphatic rings. The number of rotatable bonds is 9. The molecule has 0 amide bonds. The van der Waals surface area contributed by atoms with Crippen LogP contribution in [-0.2, 0) is 28.5 Å². The Balaban J connectivity index is 4.04. The van der Waals surface area contributed by atoms with Gasteiger partial charge in [-0.05, 0) is 13.8 Å². The maximum absolute atomic E-state index is 11.3. The highest BCUT2D eigenvalue weighted by atomic mass is 16.7. The van der Waals surface area contributed by atoms with Gasteiger partial charge in [0.2, 0.25) is 6.29 Å². The number of esters is 2. The number of methoxy groups -OCH3 is 1. The minimum atomic E-state index is -0.886. The molecule has 0 bridgehead atoms. The van der Waals surface area contributed by atoms with E-state index in [0.717, 1.165) is 0 Å². The van der Waals surface area contributed by atoms with Crippen LogP contribution in [0, 0.1) is 0 Å². The summed E-state index contributed by atoms with van der Waals surface area (Å²) in [7, 11) is 1.49. The molecule has 0 aromatic carbocycles. The third-order valence-electron chi connectivity index (χ3n) is 1.76. The van der Waals surface area contributed by atoms with Gasteiger partial charge in [-0.3, -0.25) is 9.59 Å². The molecule has 0 aromatic heterocycles. The molecule has 0 aromatic rings. The van der Waals surface area contributed by atoms with Crippen LogP contribution in [0.25, 0.3) is 0 Å². The van der Waals surface area contributed by atoms with Gasteiger partial charge in [-0.1, -0.05) is 0 Å². The molecular weight excluding hydrogens is 228 g/mol. The van der Waals surface area contributed by atoms with Crippen LogP contribution in [0.5, 0.6) is 0 Å². The number of hydrogen-bond acceptors (Lipinski definition) is 6. The summed E-state index contributed by atoms with van der Waals surface area (Å²) in [6.45, 7) is 4.37. The van der Waals surface area contributed by atoms with Crippen LogP contribution >= 0.6 is 0 Å². The van der Waals surface area contributed by atoms with Crippen molar-refractivity contribution in [3.05, 3.63) is 0 Å². The quantitative estimate of drug-likeness (QED) is 0.445. The highest BCUT2D eigenvalue weighted by molar-refractivity contribution is 5.72. The molecule has 6 heteroatoms. The topological polar surface area (TPSA) is 71.1 Å². The lowest BCUT2D eigenvalue weighted by Gasteiger charge is -2.16. The van der Waals surface area contributed by atoms with Crippen LogP contribution in [0.2, 0.25) is 0 Å². The van der Waals surface area contributed by atoms with E-state index in [9.17, 15) is 9.59 Å². The van der Waals surface area contributed by atoms with E-state index in [4.69, 9.17) is 18.9 Å². The van der Waals surface area contributed by atoms with Gasteiger partial charge >= 0.3 is 11.9 Å². The van der Waals surface area contributed by atoms with Crippen LogP contribution in [0.4, 0.5) is 0 Å². The first-order valence-electron chi connectivity index (χ1n) is 5.59. The molecule has 0 radical (unpaired) electrons. The molecule has 0 saturated carbocycles. The minimum Gasteiger partial charge on any atom is -0.466 e. The standard InChI is InChI=1S/C11H20O6/c1-4-15-10(13)8-11(16-5-2)17-9(12)6-7-14-3/h11H,4-8H2,1-3H3. The molecule has 100 valence electrons. The molecule has 0 aliphatic heterocycles. The van der Waals surface area contributed by atoms with Gasteiger partial charge in [-0.15, -0.1) is 0 Å². The Labute approximate surface area is 101 Å². The normalized spacial score (nSPS) is 11.9. The van der Waals surface area contributed by atoms with Crippen LogP contribution in [0.1, 0.15) is 26.7 Å². The van der Waals surface area contributed by atoms with Crippen LogP contribution in [0.3, 0.4) is 0 Å². The molecule has 0 saturated heterocycles. The first-order chi connectivity index (χ1) is 8.13. The maximum atomic E-state index is 11.3. The van der Waals surface area contributed by atoms with Gasteiger partial charge in [0.1, 0.15) is 6.42 Å². The molecule has 6 nitrogen and oxygen atoms in total. The maximum Gasteiger partial charge on any atom is 0.312 e. The molecule has 0 aliphatic carbocycles. The van der Waals surface area contributed by atoms with Crippen molar-refractivity contribution < 1.29 is 28.5 Å². The summed E-state index contributed by atoms with van der Waals surface area (Å²) in [6, 6.07) is 0. The Kier molecular flexibility index (Phi) is 9.37. The average molecular weight is 248 g/mol. The first-order valence-corrected chi connectivity index (χ1v) is 5.59. The Bertz CT molecular complexity index is 228. The fraction of sp³-hybridized carbons (Fsp3) is 0.818. The van der Waals surface area contributed by atoms with Gasteiger partial charge in [0.05, 0.1) is 19.6 Å². The highest BCUT2D eigenvalue weighted by Gasteiger charge is 2.19. The van der Waals surface area contributed by atoms with E-state index in [-0.39, 0.29) is 26.1 Å². The molecular formula is C11H20O6.